The lowest BCUT2D eigenvalue weighted by Gasteiger charge is -2.32. The maximum Gasteiger partial charge on any atom is 0.455 e. The topological polar surface area (TPSA) is 9.23 Å². The van der Waals surface area contributed by atoms with Gasteiger partial charge < -0.3 is 4.74 Å². The van der Waals surface area contributed by atoms with Crippen LogP contribution in [0.25, 0.3) is 0 Å². The molecule has 1 nitrogen and oxygen atoms in total. The van der Waals surface area contributed by atoms with E-state index in [4.69, 9.17) is 0 Å². The average molecular weight is 308 g/mol. The highest BCUT2D eigenvalue weighted by Gasteiger charge is 2.57. The van der Waals surface area contributed by atoms with Gasteiger partial charge in [-0.1, -0.05) is 26.7 Å². The van der Waals surface area contributed by atoms with E-state index < -0.39 is 24.1 Å². The quantitative estimate of drug-likeness (QED) is 0.479. The van der Waals surface area contributed by atoms with Crippen LogP contribution in [0.2, 0.25) is 0 Å². The Morgan fingerprint density at radius 2 is 1.37 bits per heavy atom. The minimum Gasteiger partial charge on any atom is -0.374 e. The Balaban J connectivity index is 4.49. The van der Waals surface area contributed by atoms with Crippen LogP contribution in [0.1, 0.15) is 39.5 Å². The zero-order chi connectivity index (χ0) is 15.2. The summed E-state index contributed by atoms with van der Waals surface area (Å²) >= 11 is 4.18. The zero-order valence-corrected chi connectivity index (χ0v) is 12.1. The van der Waals surface area contributed by atoms with Gasteiger partial charge in [-0.3, -0.25) is 0 Å². The molecule has 0 aromatic heterocycles. The average Bonchev–Trinajstić information content (AvgIpc) is 2.27. The number of thiol groups is 1. The molecule has 0 atom stereocenters. The second-order valence-electron chi connectivity index (χ2n) is 4.85. The summed E-state index contributed by atoms with van der Waals surface area (Å²) in [4.78, 5) is 0. The van der Waals surface area contributed by atoms with Crippen molar-refractivity contribution in [1.29, 1.82) is 0 Å². The van der Waals surface area contributed by atoms with Crippen LogP contribution in [-0.2, 0) is 4.74 Å². The van der Waals surface area contributed by atoms with Gasteiger partial charge in [0, 0.05) is 5.41 Å². The maximum atomic E-state index is 12.7. The Hall–Kier alpha value is -0.0400. The van der Waals surface area contributed by atoms with Gasteiger partial charge in [-0.15, -0.1) is 0 Å². The molecule has 0 spiro atoms. The van der Waals surface area contributed by atoms with Gasteiger partial charge in [0.05, 0.1) is 6.61 Å². The first kappa shape index (κ1) is 19.0. The lowest BCUT2D eigenvalue weighted by Crippen LogP contribution is -2.42. The van der Waals surface area contributed by atoms with E-state index in [1.807, 2.05) is 13.8 Å². The fourth-order valence-electron chi connectivity index (χ4n) is 2.01. The number of hydrogen-bond donors (Lipinski definition) is 1. The highest BCUT2D eigenvalue weighted by atomic mass is 32.1. The number of halogens is 5. The Kier molecular flexibility index (Phi) is 7.65. The Morgan fingerprint density at radius 1 is 0.895 bits per heavy atom. The Labute approximate surface area is 116 Å². The van der Waals surface area contributed by atoms with Gasteiger partial charge in [-0.05, 0) is 18.6 Å². The van der Waals surface area contributed by atoms with Crippen molar-refractivity contribution >= 4 is 12.6 Å². The molecule has 7 heteroatoms. The largest absolute Gasteiger partial charge is 0.455 e. The van der Waals surface area contributed by atoms with Gasteiger partial charge in [-0.2, -0.15) is 34.6 Å². The Bertz CT molecular complexity index is 249. The number of hydrogen-bond acceptors (Lipinski definition) is 2. The molecule has 0 heterocycles. The third kappa shape index (κ3) is 5.85. The van der Waals surface area contributed by atoms with E-state index in [1.165, 1.54) is 0 Å². The molecule has 0 bridgehead atoms. The summed E-state index contributed by atoms with van der Waals surface area (Å²) in [7, 11) is 0. The van der Waals surface area contributed by atoms with Crippen LogP contribution in [0.3, 0.4) is 0 Å². The smallest absolute Gasteiger partial charge is 0.374 e. The SMILES string of the molecule is CCCC(CS)(CCC)COCC(F)(F)C(F)(F)F. The molecule has 0 aliphatic heterocycles. The van der Waals surface area contributed by atoms with E-state index in [1.54, 1.807) is 0 Å². The lowest BCUT2D eigenvalue weighted by molar-refractivity contribution is -0.298. The van der Waals surface area contributed by atoms with Crippen LogP contribution in [0.4, 0.5) is 22.0 Å². The monoisotopic (exact) mass is 308 g/mol. The summed E-state index contributed by atoms with van der Waals surface area (Å²) in [5.41, 5.74) is -0.422. The molecule has 0 aromatic carbocycles. The second kappa shape index (κ2) is 7.67. The summed E-state index contributed by atoms with van der Waals surface area (Å²) in [5, 5.41) is 0. The van der Waals surface area contributed by atoms with E-state index in [0.29, 0.717) is 18.6 Å². The molecule has 0 N–H and O–H groups in total. The van der Waals surface area contributed by atoms with Gasteiger partial charge in [0.1, 0.15) is 6.61 Å². The standard InChI is InChI=1S/C12H21F5OS/c1-3-5-10(9-19,6-4-2)7-18-8-11(13,14)12(15,16)17/h19H,3-9H2,1-2H3. The maximum absolute atomic E-state index is 12.7. The molecule has 19 heavy (non-hydrogen) atoms. The molecule has 0 aliphatic rings. The van der Waals surface area contributed by atoms with Crippen molar-refractivity contribution in [3.8, 4) is 0 Å². The summed E-state index contributed by atoms with van der Waals surface area (Å²) in [5.74, 6) is -4.39. The fourth-order valence-corrected chi connectivity index (χ4v) is 2.42. The minimum absolute atomic E-state index is 0.121. The van der Waals surface area contributed by atoms with Crippen molar-refractivity contribution in [2.24, 2.45) is 5.41 Å². The van der Waals surface area contributed by atoms with Crippen LogP contribution < -0.4 is 0 Å². The molecule has 116 valence electrons. The molecule has 0 saturated heterocycles. The highest BCUT2D eigenvalue weighted by Crippen LogP contribution is 2.37. The third-order valence-electron chi connectivity index (χ3n) is 3.00. The van der Waals surface area contributed by atoms with E-state index in [0.717, 1.165) is 12.8 Å². The van der Waals surface area contributed by atoms with Gasteiger partial charge in [0.2, 0.25) is 0 Å². The summed E-state index contributed by atoms with van der Waals surface area (Å²) in [6.45, 7) is 2.11. The van der Waals surface area contributed by atoms with Crippen molar-refractivity contribution in [1.82, 2.24) is 0 Å². The van der Waals surface area contributed by atoms with E-state index in [9.17, 15) is 22.0 Å². The van der Waals surface area contributed by atoms with Crippen LogP contribution in [0.15, 0.2) is 0 Å². The summed E-state index contributed by atoms with van der Waals surface area (Å²) < 4.78 is 66.1. The summed E-state index contributed by atoms with van der Waals surface area (Å²) in [6, 6.07) is 0. The minimum atomic E-state index is -5.56. The molecular weight excluding hydrogens is 287 g/mol. The highest BCUT2D eigenvalue weighted by molar-refractivity contribution is 7.80. The molecule has 0 rings (SSSR count). The predicted octanol–water partition coefficient (Wildman–Crippen LogP) is 4.72. The normalized spacial score (nSPS) is 13.9. The summed E-state index contributed by atoms with van der Waals surface area (Å²) in [6.07, 6.45) is -2.56. The second-order valence-corrected chi connectivity index (χ2v) is 5.17. The van der Waals surface area contributed by atoms with Crippen molar-refractivity contribution in [3.05, 3.63) is 0 Å². The molecule has 0 unspecified atom stereocenters. The van der Waals surface area contributed by atoms with Crippen LogP contribution >= 0.6 is 12.6 Å². The molecular formula is C12H21F5OS. The molecule has 0 saturated carbocycles. The number of rotatable bonds is 9. The van der Waals surface area contributed by atoms with Gasteiger partial charge in [0.25, 0.3) is 0 Å². The van der Waals surface area contributed by atoms with Crippen molar-refractivity contribution < 1.29 is 26.7 Å². The van der Waals surface area contributed by atoms with Gasteiger partial charge in [0.15, 0.2) is 0 Å². The molecule has 0 aliphatic carbocycles. The van der Waals surface area contributed by atoms with Crippen LogP contribution in [-0.4, -0.2) is 31.1 Å². The fraction of sp³-hybridized carbons (Fsp3) is 1.00. The van der Waals surface area contributed by atoms with Crippen LogP contribution in [0.5, 0.6) is 0 Å². The van der Waals surface area contributed by atoms with E-state index in [2.05, 4.69) is 17.4 Å². The first-order valence-corrected chi connectivity index (χ1v) is 6.90. The third-order valence-corrected chi connectivity index (χ3v) is 3.67. The molecule has 0 amide bonds. The van der Waals surface area contributed by atoms with Crippen LogP contribution in [0, 0.1) is 5.41 Å². The first-order valence-electron chi connectivity index (χ1n) is 6.27. The zero-order valence-electron chi connectivity index (χ0n) is 11.2. The molecule has 0 aromatic rings. The first-order chi connectivity index (χ1) is 8.64. The lowest BCUT2D eigenvalue weighted by atomic mass is 9.82. The van der Waals surface area contributed by atoms with E-state index >= 15 is 0 Å². The van der Waals surface area contributed by atoms with Crippen molar-refractivity contribution in [2.75, 3.05) is 19.0 Å². The molecule has 0 radical (unpaired) electrons. The Morgan fingerprint density at radius 3 is 1.68 bits per heavy atom. The van der Waals surface area contributed by atoms with E-state index in [-0.39, 0.29) is 6.61 Å². The van der Waals surface area contributed by atoms with Crippen molar-refractivity contribution in [3.63, 3.8) is 0 Å². The number of alkyl halides is 5. The van der Waals surface area contributed by atoms with Gasteiger partial charge >= 0.3 is 12.1 Å². The molecule has 0 fully saturated rings. The number of ether oxygens (including phenoxy) is 1. The van der Waals surface area contributed by atoms with Gasteiger partial charge in [-0.25, -0.2) is 0 Å². The predicted molar refractivity (Wildman–Crippen MR) is 67.9 cm³/mol. The van der Waals surface area contributed by atoms with Crippen molar-refractivity contribution in [2.45, 2.75) is 51.6 Å².